The first-order valence-corrected chi connectivity index (χ1v) is 8.72. The summed E-state index contributed by atoms with van der Waals surface area (Å²) in [5, 5.41) is 3.44. The number of hydrogen-bond donors (Lipinski definition) is 1. The number of aryl methyl sites for hydroxylation is 1. The van der Waals surface area contributed by atoms with E-state index in [1.54, 1.807) is 0 Å². The summed E-state index contributed by atoms with van der Waals surface area (Å²) in [6.45, 7) is 11.0. The van der Waals surface area contributed by atoms with E-state index >= 15 is 0 Å². The lowest BCUT2D eigenvalue weighted by atomic mass is 9.95. The average molecular weight is 289 g/mol. The maximum absolute atomic E-state index is 4.92. The van der Waals surface area contributed by atoms with E-state index in [-0.39, 0.29) is 0 Å². The molecule has 118 valence electrons. The first kappa shape index (κ1) is 16.3. The van der Waals surface area contributed by atoms with E-state index in [0.717, 1.165) is 31.8 Å². The molecule has 1 saturated heterocycles. The minimum atomic E-state index is 0.840. The highest BCUT2D eigenvalue weighted by atomic mass is 15.2. The predicted octanol–water partition coefficient (Wildman–Crippen LogP) is 3.77. The maximum atomic E-state index is 4.92. The predicted molar refractivity (Wildman–Crippen MR) is 90.8 cm³/mol. The van der Waals surface area contributed by atoms with E-state index < -0.39 is 0 Å². The summed E-state index contributed by atoms with van der Waals surface area (Å²) in [5.41, 5.74) is 2.63. The van der Waals surface area contributed by atoms with E-state index in [9.17, 15) is 0 Å². The zero-order valence-corrected chi connectivity index (χ0v) is 14.0. The van der Waals surface area contributed by atoms with Gasteiger partial charge in [0, 0.05) is 25.3 Å². The second-order valence-electron chi connectivity index (χ2n) is 6.22. The zero-order chi connectivity index (χ0) is 15.1. The van der Waals surface area contributed by atoms with Crippen molar-refractivity contribution in [2.75, 3.05) is 24.5 Å². The Balaban J connectivity index is 2.17. The molecule has 1 aliphatic heterocycles. The molecule has 3 nitrogen and oxygen atoms in total. The first-order valence-electron chi connectivity index (χ1n) is 8.72. The Labute approximate surface area is 130 Å². The van der Waals surface area contributed by atoms with Gasteiger partial charge < -0.3 is 10.2 Å². The SMILES string of the molecule is CCCc1cc(CNCC)cc(N2CCCC(CC)C2)n1. The van der Waals surface area contributed by atoms with Crippen molar-refractivity contribution in [2.24, 2.45) is 5.92 Å². The molecule has 0 aromatic carbocycles. The third-order valence-electron chi connectivity index (χ3n) is 4.43. The Kier molecular flexibility index (Phi) is 6.50. The lowest BCUT2D eigenvalue weighted by Gasteiger charge is -2.33. The van der Waals surface area contributed by atoms with Gasteiger partial charge >= 0.3 is 0 Å². The minimum absolute atomic E-state index is 0.840. The fourth-order valence-corrected chi connectivity index (χ4v) is 3.16. The van der Waals surface area contributed by atoms with Crippen LogP contribution in [0.2, 0.25) is 0 Å². The Morgan fingerprint density at radius 1 is 1.29 bits per heavy atom. The second-order valence-corrected chi connectivity index (χ2v) is 6.22. The van der Waals surface area contributed by atoms with Crippen LogP contribution in [0, 0.1) is 5.92 Å². The molecule has 3 heteroatoms. The quantitative estimate of drug-likeness (QED) is 0.828. The Morgan fingerprint density at radius 3 is 2.86 bits per heavy atom. The molecular formula is C18H31N3. The summed E-state index contributed by atoms with van der Waals surface area (Å²) in [5.74, 6) is 2.04. The lowest BCUT2D eigenvalue weighted by molar-refractivity contribution is 0.403. The van der Waals surface area contributed by atoms with Gasteiger partial charge in [-0.1, -0.05) is 33.6 Å². The van der Waals surface area contributed by atoms with Crippen LogP contribution in [0.1, 0.15) is 57.7 Å². The normalized spacial score (nSPS) is 19.0. The highest BCUT2D eigenvalue weighted by Crippen LogP contribution is 2.25. The standard InChI is InChI=1S/C18H31N3/c1-4-8-17-11-16(13-19-6-3)12-18(20-17)21-10-7-9-15(5-2)14-21/h11-12,15,19H,4-10,13-14H2,1-3H3. The third-order valence-corrected chi connectivity index (χ3v) is 4.43. The maximum Gasteiger partial charge on any atom is 0.129 e. The van der Waals surface area contributed by atoms with Crippen molar-refractivity contribution in [3.8, 4) is 0 Å². The second kappa shape index (κ2) is 8.38. The topological polar surface area (TPSA) is 28.2 Å². The zero-order valence-electron chi connectivity index (χ0n) is 14.0. The van der Waals surface area contributed by atoms with Gasteiger partial charge in [0.15, 0.2) is 0 Å². The van der Waals surface area contributed by atoms with E-state index in [1.165, 1.54) is 49.4 Å². The number of aromatic nitrogens is 1. The molecule has 0 bridgehead atoms. The van der Waals surface area contributed by atoms with Crippen LogP contribution >= 0.6 is 0 Å². The van der Waals surface area contributed by atoms with Crippen LogP contribution in [0.25, 0.3) is 0 Å². The first-order chi connectivity index (χ1) is 10.3. The molecule has 2 heterocycles. The number of hydrogen-bond acceptors (Lipinski definition) is 3. The highest BCUT2D eigenvalue weighted by Gasteiger charge is 2.20. The van der Waals surface area contributed by atoms with Gasteiger partial charge in [-0.25, -0.2) is 4.98 Å². The van der Waals surface area contributed by atoms with Gasteiger partial charge in [-0.2, -0.15) is 0 Å². The highest BCUT2D eigenvalue weighted by molar-refractivity contribution is 5.43. The van der Waals surface area contributed by atoms with E-state index in [0.29, 0.717) is 0 Å². The van der Waals surface area contributed by atoms with Crippen molar-refractivity contribution in [3.63, 3.8) is 0 Å². The van der Waals surface area contributed by atoms with Gasteiger partial charge in [0.2, 0.25) is 0 Å². The van der Waals surface area contributed by atoms with Gasteiger partial charge in [-0.3, -0.25) is 0 Å². The van der Waals surface area contributed by atoms with Crippen LogP contribution in [-0.4, -0.2) is 24.6 Å². The largest absolute Gasteiger partial charge is 0.356 e. The van der Waals surface area contributed by atoms with Crippen molar-refractivity contribution in [1.29, 1.82) is 0 Å². The molecule has 1 unspecified atom stereocenters. The van der Waals surface area contributed by atoms with Crippen LogP contribution in [0.3, 0.4) is 0 Å². The summed E-state index contributed by atoms with van der Waals surface area (Å²) < 4.78 is 0. The number of piperidine rings is 1. The molecule has 0 spiro atoms. The molecule has 0 saturated carbocycles. The number of anilines is 1. The average Bonchev–Trinajstić information content (AvgIpc) is 2.53. The number of nitrogens with zero attached hydrogens (tertiary/aromatic N) is 2. The van der Waals surface area contributed by atoms with Crippen LogP contribution < -0.4 is 10.2 Å². The third kappa shape index (κ3) is 4.70. The van der Waals surface area contributed by atoms with Crippen LogP contribution in [0.4, 0.5) is 5.82 Å². The van der Waals surface area contributed by atoms with Gasteiger partial charge in [0.25, 0.3) is 0 Å². The Hall–Kier alpha value is -1.09. The molecule has 1 aromatic rings. The lowest BCUT2D eigenvalue weighted by Crippen LogP contribution is -2.36. The molecule has 2 rings (SSSR count). The summed E-state index contributed by atoms with van der Waals surface area (Å²) >= 11 is 0. The van der Waals surface area contributed by atoms with Crippen molar-refractivity contribution < 1.29 is 0 Å². The fourth-order valence-electron chi connectivity index (χ4n) is 3.16. The molecule has 1 aliphatic rings. The minimum Gasteiger partial charge on any atom is -0.356 e. The van der Waals surface area contributed by atoms with E-state index in [1.807, 2.05) is 0 Å². The number of nitrogens with one attached hydrogen (secondary N) is 1. The number of rotatable bonds is 7. The van der Waals surface area contributed by atoms with Crippen LogP contribution in [0.5, 0.6) is 0 Å². The van der Waals surface area contributed by atoms with E-state index in [2.05, 4.69) is 43.1 Å². The van der Waals surface area contributed by atoms with Crippen LogP contribution in [-0.2, 0) is 13.0 Å². The Morgan fingerprint density at radius 2 is 2.14 bits per heavy atom. The van der Waals surface area contributed by atoms with Gasteiger partial charge in [-0.15, -0.1) is 0 Å². The van der Waals surface area contributed by atoms with Crippen molar-refractivity contribution >= 4 is 5.82 Å². The monoisotopic (exact) mass is 289 g/mol. The van der Waals surface area contributed by atoms with Gasteiger partial charge in [-0.05, 0) is 49.4 Å². The van der Waals surface area contributed by atoms with Crippen molar-refractivity contribution in [1.82, 2.24) is 10.3 Å². The molecule has 1 N–H and O–H groups in total. The van der Waals surface area contributed by atoms with Crippen LogP contribution in [0.15, 0.2) is 12.1 Å². The fraction of sp³-hybridized carbons (Fsp3) is 0.722. The molecule has 21 heavy (non-hydrogen) atoms. The molecule has 1 aromatic heterocycles. The summed E-state index contributed by atoms with van der Waals surface area (Å²) in [6, 6.07) is 4.57. The smallest absolute Gasteiger partial charge is 0.129 e. The summed E-state index contributed by atoms with van der Waals surface area (Å²) in [4.78, 5) is 7.43. The van der Waals surface area contributed by atoms with Crippen molar-refractivity contribution in [3.05, 3.63) is 23.4 Å². The molecule has 1 fully saturated rings. The Bertz CT molecular complexity index is 430. The molecule has 0 radical (unpaired) electrons. The van der Waals surface area contributed by atoms with Gasteiger partial charge in [0.05, 0.1) is 0 Å². The molecule has 0 amide bonds. The number of pyridine rings is 1. The molecule has 0 aliphatic carbocycles. The summed E-state index contributed by atoms with van der Waals surface area (Å²) in [7, 11) is 0. The summed E-state index contributed by atoms with van der Waals surface area (Å²) in [6.07, 6.45) is 6.22. The van der Waals surface area contributed by atoms with E-state index in [4.69, 9.17) is 4.98 Å². The molecule has 1 atom stereocenters. The molecular weight excluding hydrogens is 258 g/mol. The van der Waals surface area contributed by atoms with Gasteiger partial charge in [0.1, 0.15) is 5.82 Å². The van der Waals surface area contributed by atoms with Crippen molar-refractivity contribution in [2.45, 2.75) is 59.4 Å².